The average Bonchev–Trinajstić information content (AvgIpc) is 3.27. The maximum absolute atomic E-state index is 13.7. The van der Waals surface area contributed by atoms with Crippen LogP contribution in [0.5, 0.6) is 0 Å². The average molecular weight is 505 g/mol. The summed E-state index contributed by atoms with van der Waals surface area (Å²) >= 11 is 0. The highest BCUT2D eigenvalue weighted by atomic mass is 16.6. The topological polar surface area (TPSA) is 87.8 Å². The summed E-state index contributed by atoms with van der Waals surface area (Å²) in [7, 11) is 0. The van der Waals surface area contributed by atoms with E-state index in [0.717, 1.165) is 61.9 Å². The smallest absolute Gasteiger partial charge is 0.270 e. The Bertz CT molecular complexity index is 1230. The van der Waals surface area contributed by atoms with Gasteiger partial charge in [0, 0.05) is 55.5 Å². The molecule has 0 spiro atoms. The molecule has 0 bridgehead atoms. The summed E-state index contributed by atoms with van der Waals surface area (Å²) in [5, 5.41) is 16.3. The fourth-order valence-corrected chi connectivity index (χ4v) is 4.82. The summed E-state index contributed by atoms with van der Waals surface area (Å²) in [5.41, 5.74) is 3.09. The van der Waals surface area contributed by atoms with Gasteiger partial charge in [-0.05, 0) is 45.0 Å². The summed E-state index contributed by atoms with van der Waals surface area (Å²) in [5.74, 6) is 0.797. The van der Waals surface area contributed by atoms with Gasteiger partial charge in [0.2, 0.25) is 0 Å². The number of carbonyl (C=O) groups is 1. The lowest BCUT2D eigenvalue weighted by Gasteiger charge is -2.37. The van der Waals surface area contributed by atoms with E-state index in [4.69, 9.17) is 5.10 Å². The minimum atomic E-state index is -0.466. The maximum Gasteiger partial charge on any atom is 0.270 e. The molecule has 1 aliphatic heterocycles. The molecule has 1 fully saturated rings. The van der Waals surface area contributed by atoms with E-state index < -0.39 is 4.92 Å². The Morgan fingerprint density at radius 3 is 2.41 bits per heavy atom. The first kappa shape index (κ1) is 26.3. The van der Waals surface area contributed by atoms with Crippen LogP contribution in [0.2, 0.25) is 0 Å². The summed E-state index contributed by atoms with van der Waals surface area (Å²) in [6.45, 7) is 13.3. The van der Waals surface area contributed by atoms with Gasteiger partial charge in [-0.15, -0.1) is 0 Å². The highest BCUT2D eigenvalue weighted by Gasteiger charge is 2.29. The van der Waals surface area contributed by atoms with E-state index in [1.807, 2.05) is 60.7 Å². The van der Waals surface area contributed by atoms with Gasteiger partial charge in [0.25, 0.3) is 11.6 Å². The lowest BCUT2D eigenvalue weighted by Crippen LogP contribution is -2.47. The zero-order chi connectivity index (χ0) is 26.5. The standard InChI is InChI=1S/C28H36N6O3/c1-5-21(3)32(28(35)23-11-10-14-25(19-23)34(36)37)20-26-22(4)29-33(24-12-8-7-9-13-24)27(26)31-17-15-30(6-2)16-18-31/h7-14,19,21H,5-6,15-18,20H2,1-4H3/t21-/m0/s1. The number of amides is 1. The lowest BCUT2D eigenvalue weighted by molar-refractivity contribution is -0.384. The van der Waals surface area contributed by atoms with Gasteiger partial charge in [-0.3, -0.25) is 14.9 Å². The van der Waals surface area contributed by atoms with E-state index in [-0.39, 0.29) is 17.6 Å². The van der Waals surface area contributed by atoms with Crippen molar-refractivity contribution < 1.29 is 9.72 Å². The van der Waals surface area contributed by atoms with Crippen molar-refractivity contribution in [3.05, 3.63) is 81.5 Å². The van der Waals surface area contributed by atoms with Crippen LogP contribution in [-0.2, 0) is 6.54 Å². The van der Waals surface area contributed by atoms with Crippen molar-refractivity contribution in [2.24, 2.45) is 0 Å². The van der Waals surface area contributed by atoms with Crippen LogP contribution < -0.4 is 4.90 Å². The first-order chi connectivity index (χ1) is 17.8. The first-order valence-corrected chi connectivity index (χ1v) is 13.0. The quantitative estimate of drug-likeness (QED) is 0.311. The van der Waals surface area contributed by atoms with Crippen LogP contribution in [0.15, 0.2) is 54.6 Å². The van der Waals surface area contributed by atoms with Gasteiger partial charge in [-0.2, -0.15) is 5.10 Å². The number of non-ortho nitro benzene ring substituents is 1. The fraction of sp³-hybridized carbons (Fsp3) is 0.429. The second kappa shape index (κ2) is 11.6. The Hall–Kier alpha value is -3.72. The molecule has 9 heteroatoms. The molecule has 1 aromatic heterocycles. The van der Waals surface area contributed by atoms with E-state index in [1.54, 1.807) is 12.1 Å². The Kier molecular flexibility index (Phi) is 8.23. The largest absolute Gasteiger partial charge is 0.354 e. The van der Waals surface area contributed by atoms with Gasteiger partial charge in [0.05, 0.1) is 22.8 Å². The third-order valence-electron chi connectivity index (χ3n) is 7.29. The van der Waals surface area contributed by atoms with E-state index in [0.29, 0.717) is 12.1 Å². The predicted molar refractivity (Wildman–Crippen MR) is 145 cm³/mol. The second-order valence-corrected chi connectivity index (χ2v) is 9.55. The third kappa shape index (κ3) is 5.67. The Balaban J connectivity index is 1.75. The van der Waals surface area contributed by atoms with Crippen LogP contribution in [0, 0.1) is 17.0 Å². The van der Waals surface area contributed by atoms with E-state index in [2.05, 4.69) is 16.7 Å². The fourth-order valence-electron chi connectivity index (χ4n) is 4.82. The molecule has 1 atom stereocenters. The molecule has 2 aromatic carbocycles. The number of para-hydroxylation sites is 1. The molecule has 196 valence electrons. The van der Waals surface area contributed by atoms with Crippen molar-refractivity contribution in [3.8, 4) is 5.69 Å². The number of nitrogens with zero attached hydrogens (tertiary/aromatic N) is 6. The van der Waals surface area contributed by atoms with E-state index in [1.165, 1.54) is 12.1 Å². The van der Waals surface area contributed by atoms with Crippen LogP contribution in [0.25, 0.3) is 5.69 Å². The number of likely N-dealkylation sites (N-methyl/N-ethyl adjacent to an activating group) is 1. The molecule has 0 unspecified atom stereocenters. The van der Waals surface area contributed by atoms with E-state index in [9.17, 15) is 14.9 Å². The Morgan fingerprint density at radius 2 is 1.78 bits per heavy atom. The molecule has 4 rings (SSSR count). The number of aromatic nitrogens is 2. The number of nitro groups is 1. The zero-order valence-electron chi connectivity index (χ0n) is 22.1. The summed E-state index contributed by atoms with van der Waals surface area (Å²) in [6.07, 6.45) is 0.761. The molecule has 2 heterocycles. The van der Waals surface area contributed by atoms with Crippen molar-refractivity contribution in [1.82, 2.24) is 19.6 Å². The van der Waals surface area contributed by atoms with Crippen molar-refractivity contribution >= 4 is 17.4 Å². The molecule has 1 amide bonds. The van der Waals surface area contributed by atoms with Crippen LogP contribution in [0.3, 0.4) is 0 Å². The number of carbonyl (C=O) groups excluding carboxylic acids is 1. The maximum atomic E-state index is 13.7. The molecule has 1 aliphatic rings. The molecule has 9 nitrogen and oxygen atoms in total. The Labute approximate surface area is 218 Å². The molecule has 3 aromatic rings. The second-order valence-electron chi connectivity index (χ2n) is 9.55. The minimum Gasteiger partial charge on any atom is -0.354 e. The molecular weight excluding hydrogens is 468 g/mol. The minimum absolute atomic E-state index is 0.0592. The number of anilines is 1. The van der Waals surface area contributed by atoms with Crippen LogP contribution in [0.1, 0.15) is 48.8 Å². The number of piperazine rings is 1. The number of rotatable bonds is 9. The van der Waals surface area contributed by atoms with Crippen LogP contribution in [-0.4, -0.2) is 69.2 Å². The van der Waals surface area contributed by atoms with Crippen molar-refractivity contribution in [1.29, 1.82) is 0 Å². The van der Waals surface area contributed by atoms with Gasteiger partial charge in [0.1, 0.15) is 5.82 Å². The summed E-state index contributed by atoms with van der Waals surface area (Å²) in [6, 6.07) is 16.0. The number of hydrogen-bond donors (Lipinski definition) is 0. The van der Waals surface area contributed by atoms with Crippen molar-refractivity contribution in [2.45, 2.75) is 46.7 Å². The monoisotopic (exact) mass is 504 g/mol. The van der Waals surface area contributed by atoms with Crippen molar-refractivity contribution in [3.63, 3.8) is 0 Å². The van der Waals surface area contributed by atoms with Gasteiger partial charge in [-0.25, -0.2) is 4.68 Å². The zero-order valence-corrected chi connectivity index (χ0v) is 22.1. The SMILES string of the molecule is CC[C@H](C)N(Cc1c(C)nn(-c2ccccc2)c1N1CCN(CC)CC1)C(=O)c1cccc([N+](=O)[O-])c1. The lowest BCUT2D eigenvalue weighted by atomic mass is 10.1. The van der Waals surface area contributed by atoms with Crippen LogP contribution >= 0.6 is 0 Å². The molecule has 0 saturated carbocycles. The molecule has 0 N–H and O–H groups in total. The molecular formula is C28H36N6O3. The third-order valence-corrected chi connectivity index (χ3v) is 7.29. The highest BCUT2D eigenvalue weighted by molar-refractivity contribution is 5.95. The van der Waals surface area contributed by atoms with Gasteiger partial charge < -0.3 is 14.7 Å². The molecule has 0 radical (unpaired) electrons. The number of aryl methyl sites for hydroxylation is 1. The predicted octanol–water partition coefficient (Wildman–Crippen LogP) is 4.67. The summed E-state index contributed by atoms with van der Waals surface area (Å²) < 4.78 is 2.00. The molecule has 0 aliphatic carbocycles. The number of benzene rings is 2. The summed E-state index contributed by atoms with van der Waals surface area (Å²) in [4.78, 5) is 31.2. The van der Waals surface area contributed by atoms with E-state index >= 15 is 0 Å². The molecule has 1 saturated heterocycles. The molecule has 37 heavy (non-hydrogen) atoms. The number of nitro benzene ring substituents is 1. The highest BCUT2D eigenvalue weighted by Crippen LogP contribution is 2.31. The first-order valence-electron chi connectivity index (χ1n) is 13.0. The van der Waals surface area contributed by atoms with Gasteiger partial charge in [0.15, 0.2) is 0 Å². The normalized spacial score (nSPS) is 15.0. The van der Waals surface area contributed by atoms with Gasteiger partial charge >= 0.3 is 0 Å². The Morgan fingerprint density at radius 1 is 1.08 bits per heavy atom. The van der Waals surface area contributed by atoms with Crippen molar-refractivity contribution in [2.75, 3.05) is 37.6 Å². The van der Waals surface area contributed by atoms with Crippen LogP contribution in [0.4, 0.5) is 11.5 Å². The van der Waals surface area contributed by atoms with Gasteiger partial charge in [-0.1, -0.05) is 38.1 Å². The number of hydrogen-bond acceptors (Lipinski definition) is 6.